The Morgan fingerprint density at radius 3 is 2.57 bits per heavy atom. The van der Waals surface area contributed by atoms with Crippen molar-refractivity contribution in [1.29, 1.82) is 0 Å². The van der Waals surface area contributed by atoms with E-state index in [-0.39, 0.29) is 0 Å². The summed E-state index contributed by atoms with van der Waals surface area (Å²) < 4.78 is 0. The Bertz CT molecular complexity index is 417. The highest BCUT2D eigenvalue weighted by molar-refractivity contribution is 7.99. The van der Waals surface area contributed by atoms with Crippen molar-refractivity contribution in [3.63, 3.8) is 0 Å². The van der Waals surface area contributed by atoms with E-state index in [1.807, 2.05) is 30.3 Å². The largest absolute Gasteiger partial charge is 0.384 e. The molecule has 0 saturated heterocycles. The summed E-state index contributed by atoms with van der Waals surface area (Å²) in [4.78, 5) is 9.09. The summed E-state index contributed by atoms with van der Waals surface area (Å²) in [6.45, 7) is 0. The smallest absolute Gasteiger partial charge is 0.127 e. The summed E-state index contributed by atoms with van der Waals surface area (Å²) in [6.07, 6.45) is 1.47. The maximum absolute atomic E-state index is 5.55. The van der Waals surface area contributed by atoms with Crippen LogP contribution in [0.5, 0.6) is 0 Å². The molecule has 1 aromatic carbocycles. The van der Waals surface area contributed by atoms with Gasteiger partial charge >= 0.3 is 0 Å². The minimum absolute atomic E-state index is 0.499. The molecule has 1 aromatic heterocycles. The second kappa shape index (κ2) is 4.11. The predicted octanol–water partition coefficient (Wildman–Crippen LogP) is 2.21. The third kappa shape index (κ3) is 2.23. The summed E-state index contributed by atoms with van der Waals surface area (Å²) in [7, 11) is 0. The van der Waals surface area contributed by atoms with Crippen molar-refractivity contribution in [1.82, 2.24) is 9.97 Å². The van der Waals surface area contributed by atoms with E-state index in [0.717, 1.165) is 9.92 Å². The molecule has 2 N–H and O–H groups in total. The van der Waals surface area contributed by atoms with Crippen LogP contribution in [0.4, 0.5) is 5.82 Å². The number of hydrogen-bond donors (Lipinski definition) is 1. The first-order valence-electron chi connectivity index (χ1n) is 4.15. The lowest BCUT2D eigenvalue weighted by molar-refractivity contribution is 1.05. The average molecular weight is 203 g/mol. The van der Waals surface area contributed by atoms with E-state index >= 15 is 0 Å². The van der Waals surface area contributed by atoms with Gasteiger partial charge in [-0.2, -0.15) is 0 Å². The monoisotopic (exact) mass is 203 g/mol. The van der Waals surface area contributed by atoms with E-state index in [2.05, 4.69) is 9.97 Å². The van der Waals surface area contributed by atoms with Gasteiger partial charge in [0.2, 0.25) is 0 Å². The minimum Gasteiger partial charge on any atom is -0.384 e. The van der Waals surface area contributed by atoms with Crippen molar-refractivity contribution in [2.75, 3.05) is 5.73 Å². The molecule has 1 heterocycles. The van der Waals surface area contributed by atoms with E-state index < -0.39 is 0 Å². The van der Waals surface area contributed by atoms with Gasteiger partial charge in [0, 0.05) is 11.0 Å². The number of anilines is 1. The summed E-state index contributed by atoms with van der Waals surface area (Å²) in [5.41, 5.74) is 5.55. The third-order valence-corrected chi connectivity index (χ3v) is 2.57. The van der Waals surface area contributed by atoms with Crippen LogP contribution >= 0.6 is 11.8 Å². The molecule has 0 aliphatic heterocycles. The van der Waals surface area contributed by atoms with Crippen LogP contribution in [0.15, 0.2) is 52.6 Å². The lowest BCUT2D eigenvalue weighted by Gasteiger charge is -1.99. The van der Waals surface area contributed by atoms with Crippen LogP contribution < -0.4 is 5.73 Å². The van der Waals surface area contributed by atoms with E-state index in [1.54, 1.807) is 17.8 Å². The number of hydrogen-bond acceptors (Lipinski definition) is 4. The molecule has 3 nitrogen and oxygen atoms in total. The molecule has 0 bridgehead atoms. The standard InChI is InChI=1S/C10H9N3S/c11-9-6-10(13-7-12-9)14-8-4-2-1-3-5-8/h1-7H,(H2,11,12,13). The highest BCUT2D eigenvalue weighted by Crippen LogP contribution is 2.25. The zero-order chi connectivity index (χ0) is 9.80. The van der Waals surface area contributed by atoms with Gasteiger partial charge in [-0.1, -0.05) is 30.0 Å². The molecule has 2 aromatic rings. The van der Waals surface area contributed by atoms with Crippen LogP contribution in [0.3, 0.4) is 0 Å². The molecule has 70 valence electrons. The van der Waals surface area contributed by atoms with E-state index in [0.29, 0.717) is 5.82 Å². The van der Waals surface area contributed by atoms with Crippen molar-refractivity contribution in [2.45, 2.75) is 9.92 Å². The summed E-state index contributed by atoms with van der Waals surface area (Å²) in [6, 6.07) is 11.8. The normalized spacial score (nSPS) is 10.0. The van der Waals surface area contributed by atoms with Crippen molar-refractivity contribution >= 4 is 17.6 Å². The first-order chi connectivity index (χ1) is 6.84. The third-order valence-electron chi connectivity index (χ3n) is 1.63. The number of nitrogen functional groups attached to an aromatic ring is 1. The van der Waals surface area contributed by atoms with Crippen LogP contribution in [-0.4, -0.2) is 9.97 Å². The maximum Gasteiger partial charge on any atom is 0.127 e. The molecule has 0 aliphatic carbocycles. The Hall–Kier alpha value is -1.55. The molecule has 4 heteroatoms. The van der Waals surface area contributed by atoms with Gasteiger partial charge in [0.25, 0.3) is 0 Å². The lowest BCUT2D eigenvalue weighted by atomic mass is 10.4. The topological polar surface area (TPSA) is 51.8 Å². The van der Waals surface area contributed by atoms with Crippen molar-refractivity contribution < 1.29 is 0 Å². The molecule has 0 spiro atoms. The number of aromatic nitrogens is 2. The Labute approximate surface area is 86.4 Å². The number of benzene rings is 1. The first kappa shape index (κ1) is 9.02. The fraction of sp³-hybridized carbons (Fsp3) is 0. The quantitative estimate of drug-likeness (QED) is 0.760. The van der Waals surface area contributed by atoms with E-state index in [9.17, 15) is 0 Å². The van der Waals surface area contributed by atoms with Crippen molar-refractivity contribution in [2.24, 2.45) is 0 Å². The van der Waals surface area contributed by atoms with E-state index in [4.69, 9.17) is 5.73 Å². The fourth-order valence-corrected chi connectivity index (χ4v) is 1.83. The van der Waals surface area contributed by atoms with Gasteiger partial charge in [-0.25, -0.2) is 9.97 Å². The molecule has 0 aliphatic rings. The van der Waals surface area contributed by atoms with Crippen LogP contribution in [0.25, 0.3) is 0 Å². The molecule has 0 saturated carbocycles. The Morgan fingerprint density at radius 1 is 1.07 bits per heavy atom. The minimum atomic E-state index is 0.499. The predicted molar refractivity (Wildman–Crippen MR) is 57.0 cm³/mol. The Kier molecular flexibility index (Phi) is 2.65. The maximum atomic E-state index is 5.55. The number of nitrogens with two attached hydrogens (primary N) is 1. The highest BCUT2D eigenvalue weighted by atomic mass is 32.2. The Morgan fingerprint density at radius 2 is 1.86 bits per heavy atom. The number of nitrogens with zero attached hydrogens (tertiary/aromatic N) is 2. The van der Waals surface area contributed by atoms with Crippen molar-refractivity contribution in [3.05, 3.63) is 42.7 Å². The molecule has 0 amide bonds. The second-order valence-electron chi connectivity index (χ2n) is 2.70. The zero-order valence-corrected chi connectivity index (χ0v) is 8.24. The molecule has 0 atom stereocenters. The lowest BCUT2D eigenvalue weighted by Crippen LogP contribution is -1.91. The zero-order valence-electron chi connectivity index (χ0n) is 7.42. The van der Waals surface area contributed by atoms with Crippen molar-refractivity contribution in [3.8, 4) is 0 Å². The summed E-state index contributed by atoms with van der Waals surface area (Å²) in [5, 5.41) is 0.865. The van der Waals surface area contributed by atoms with Gasteiger partial charge in [0.15, 0.2) is 0 Å². The molecule has 0 radical (unpaired) electrons. The van der Waals surface area contributed by atoms with Gasteiger partial charge in [-0.3, -0.25) is 0 Å². The van der Waals surface area contributed by atoms with Crippen LogP contribution in [0, 0.1) is 0 Å². The molecule has 2 rings (SSSR count). The second-order valence-corrected chi connectivity index (χ2v) is 3.79. The first-order valence-corrected chi connectivity index (χ1v) is 4.97. The summed E-state index contributed by atoms with van der Waals surface area (Å²) in [5.74, 6) is 0.499. The SMILES string of the molecule is Nc1cc(Sc2ccccc2)ncn1. The average Bonchev–Trinajstić information content (AvgIpc) is 2.19. The molecule has 14 heavy (non-hydrogen) atoms. The van der Waals surface area contributed by atoms with Crippen LogP contribution in [-0.2, 0) is 0 Å². The van der Waals surface area contributed by atoms with E-state index in [1.165, 1.54) is 6.33 Å². The molecular weight excluding hydrogens is 194 g/mol. The van der Waals surface area contributed by atoms with Gasteiger partial charge in [0.05, 0.1) is 0 Å². The highest BCUT2D eigenvalue weighted by Gasteiger charge is 1.98. The molecule has 0 unspecified atom stereocenters. The summed E-state index contributed by atoms with van der Waals surface area (Å²) >= 11 is 1.57. The molecule has 0 fully saturated rings. The van der Waals surface area contributed by atoms with Gasteiger partial charge in [-0.15, -0.1) is 0 Å². The van der Waals surface area contributed by atoms with Gasteiger partial charge < -0.3 is 5.73 Å². The van der Waals surface area contributed by atoms with Crippen LogP contribution in [0.1, 0.15) is 0 Å². The van der Waals surface area contributed by atoms with Gasteiger partial charge in [-0.05, 0) is 12.1 Å². The number of rotatable bonds is 2. The fourth-order valence-electron chi connectivity index (χ4n) is 1.02. The molecular formula is C10H9N3S. The van der Waals surface area contributed by atoms with Crippen LogP contribution in [0.2, 0.25) is 0 Å². The van der Waals surface area contributed by atoms with Gasteiger partial charge in [0.1, 0.15) is 17.2 Å². The Balaban J connectivity index is 2.19.